The second-order valence-electron chi connectivity index (χ2n) is 5.53. The summed E-state index contributed by atoms with van der Waals surface area (Å²) in [6, 6.07) is 1.57. The molecular weight excluding hydrogens is 216 g/mol. The lowest BCUT2D eigenvalue weighted by Gasteiger charge is -2.37. The Morgan fingerprint density at radius 2 is 2.25 bits per heavy atom. The molecule has 0 spiro atoms. The molecule has 16 heavy (non-hydrogen) atoms. The van der Waals surface area contributed by atoms with E-state index < -0.39 is 0 Å². The van der Waals surface area contributed by atoms with Crippen LogP contribution in [0.3, 0.4) is 0 Å². The van der Waals surface area contributed by atoms with Crippen molar-refractivity contribution in [1.82, 2.24) is 10.2 Å². The Morgan fingerprint density at radius 3 is 2.94 bits per heavy atom. The zero-order valence-corrected chi connectivity index (χ0v) is 11.6. The van der Waals surface area contributed by atoms with Gasteiger partial charge in [-0.2, -0.15) is 11.8 Å². The van der Waals surface area contributed by atoms with Crippen LogP contribution in [-0.4, -0.2) is 48.1 Å². The predicted molar refractivity (Wildman–Crippen MR) is 73.2 cm³/mol. The van der Waals surface area contributed by atoms with Crippen molar-refractivity contribution >= 4 is 11.8 Å². The van der Waals surface area contributed by atoms with Gasteiger partial charge in [-0.3, -0.25) is 0 Å². The number of likely N-dealkylation sites (tertiary alicyclic amines) is 1. The molecule has 0 aromatic carbocycles. The summed E-state index contributed by atoms with van der Waals surface area (Å²) < 4.78 is 0. The number of piperidine rings is 1. The molecule has 2 heterocycles. The second kappa shape index (κ2) is 6.27. The highest BCUT2D eigenvalue weighted by molar-refractivity contribution is 7.99. The van der Waals surface area contributed by atoms with Crippen LogP contribution in [0.2, 0.25) is 0 Å². The summed E-state index contributed by atoms with van der Waals surface area (Å²) in [4.78, 5) is 2.70. The molecule has 0 aliphatic carbocycles. The maximum atomic E-state index is 3.63. The maximum absolute atomic E-state index is 3.63. The van der Waals surface area contributed by atoms with Crippen LogP contribution >= 0.6 is 11.8 Å². The Labute approximate surface area is 105 Å². The first kappa shape index (κ1) is 12.7. The number of hydrogen-bond acceptors (Lipinski definition) is 3. The zero-order chi connectivity index (χ0) is 11.4. The molecule has 2 saturated heterocycles. The average molecular weight is 242 g/mol. The fourth-order valence-electron chi connectivity index (χ4n) is 2.91. The lowest BCUT2D eigenvalue weighted by molar-refractivity contribution is 0.125. The molecule has 1 N–H and O–H groups in total. The first-order valence-electron chi connectivity index (χ1n) is 6.81. The standard InChI is InChI=1S/C13H26N2S/c1-11-3-6-15(12(2)9-11)7-4-13-10-16-8-5-14-13/h11-14H,3-10H2,1-2H3. The fraction of sp³-hybridized carbons (Fsp3) is 1.00. The minimum absolute atomic E-state index is 0.769. The van der Waals surface area contributed by atoms with E-state index in [1.54, 1.807) is 0 Å². The molecule has 3 unspecified atom stereocenters. The Bertz CT molecular complexity index is 204. The molecule has 2 aliphatic rings. The molecule has 0 amide bonds. The Morgan fingerprint density at radius 1 is 1.38 bits per heavy atom. The lowest BCUT2D eigenvalue weighted by Crippen LogP contribution is -2.44. The highest BCUT2D eigenvalue weighted by Crippen LogP contribution is 2.22. The van der Waals surface area contributed by atoms with Crippen LogP contribution in [0.1, 0.15) is 33.1 Å². The number of thioether (sulfide) groups is 1. The van der Waals surface area contributed by atoms with E-state index in [0.717, 1.165) is 18.0 Å². The van der Waals surface area contributed by atoms with Gasteiger partial charge < -0.3 is 10.2 Å². The quantitative estimate of drug-likeness (QED) is 0.817. The van der Waals surface area contributed by atoms with E-state index in [-0.39, 0.29) is 0 Å². The average Bonchev–Trinajstić information content (AvgIpc) is 2.29. The van der Waals surface area contributed by atoms with E-state index in [1.807, 2.05) is 0 Å². The van der Waals surface area contributed by atoms with Crippen molar-refractivity contribution in [1.29, 1.82) is 0 Å². The maximum Gasteiger partial charge on any atom is 0.0170 e. The number of nitrogens with zero attached hydrogens (tertiary/aromatic N) is 1. The fourth-order valence-corrected chi connectivity index (χ4v) is 3.91. The third kappa shape index (κ3) is 3.64. The van der Waals surface area contributed by atoms with Crippen LogP contribution in [0.15, 0.2) is 0 Å². The molecule has 3 heteroatoms. The molecule has 0 radical (unpaired) electrons. The third-order valence-electron chi connectivity index (χ3n) is 4.04. The summed E-state index contributed by atoms with van der Waals surface area (Å²) in [6.07, 6.45) is 4.13. The monoisotopic (exact) mass is 242 g/mol. The topological polar surface area (TPSA) is 15.3 Å². The van der Waals surface area contributed by atoms with E-state index in [0.29, 0.717) is 0 Å². The predicted octanol–water partition coefficient (Wildman–Crippen LogP) is 2.20. The van der Waals surface area contributed by atoms with Gasteiger partial charge in [0.2, 0.25) is 0 Å². The van der Waals surface area contributed by atoms with Crippen LogP contribution in [0.25, 0.3) is 0 Å². The second-order valence-corrected chi connectivity index (χ2v) is 6.68. The van der Waals surface area contributed by atoms with Crippen molar-refractivity contribution in [2.24, 2.45) is 5.92 Å². The molecule has 0 aromatic heterocycles. The van der Waals surface area contributed by atoms with E-state index in [4.69, 9.17) is 0 Å². The molecule has 2 rings (SSSR count). The van der Waals surface area contributed by atoms with Crippen LogP contribution in [0.4, 0.5) is 0 Å². The Kier molecular flexibility index (Phi) is 4.98. The van der Waals surface area contributed by atoms with Gasteiger partial charge in [0, 0.05) is 30.1 Å². The molecule has 0 saturated carbocycles. The van der Waals surface area contributed by atoms with E-state index >= 15 is 0 Å². The minimum atomic E-state index is 0.769. The Balaban J connectivity index is 1.68. The molecule has 0 bridgehead atoms. The zero-order valence-electron chi connectivity index (χ0n) is 10.7. The number of rotatable bonds is 3. The highest BCUT2D eigenvalue weighted by Gasteiger charge is 2.23. The largest absolute Gasteiger partial charge is 0.312 e. The molecule has 94 valence electrons. The van der Waals surface area contributed by atoms with Gasteiger partial charge in [-0.25, -0.2) is 0 Å². The third-order valence-corrected chi connectivity index (χ3v) is 5.17. The van der Waals surface area contributed by atoms with Crippen LogP contribution in [-0.2, 0) is 0 Å². The molecule has 2 nitrogen and oxygen atoms in total. The molecule has 2 aliphatic heterocycles. The van der Waals surface area contributed by atoms with Crippen LogP contribution in [0, 0.1) is 5.92 Å². The van der Waals surface area contributed by atoms with Crippen molar-refractivity contribution in [3.8, 4) is 0 Å². The van der Waals surface area contributed by atoms with Gasteiger partial charge in [0.25, 0.3) is 0 Å². The summed E-state index contributed by atoms with van der Waals surface area (Å²) >= 11 is 2.11. The van der Waals surface area contributed by atoms with Crippen molar-refractivity contribution < 1.29 is 0 Å². The summed E-state index contributed by atoms with van der Waals surface area (Å²) in [5, 5.41) is 3.63. The summed E-state index contributed by atoms with van der Waals surface area (Å²) in [5.74, 6) is 3.56. The summed E-state index contributed by atoms with van der Waals surface area (Å²) in [5.41, 5.74) is 0. The number of nitrogens with one attached hydrogen (secondary N) is 1. The van der Waals surface area contributed by atoms with E-state index in [2.05, 4.69) is 35.8 Å². The first-order valence-corrected chi connectivity index (χ1v) is 7.96. The van der Waals surface area contributed by atoms with Gasteiger partial charge in [-0.15, -0.1) is 0 Å². The SMILES string of the molecule is CC1CCN(CCC2CSCCN2)C(C)C1. The van der Waals surface area contributed by atoms with Gasteiger partial charge in [-0.1, -0.05) is 6.92 Å². The smallest absolute Gasteiger partial charge is 0.0170 e. The van der Waals surface area contributed by atoms with Crippen molar-refractivity contribution in [2.45, 2.75) is 45.2 Å². The minimum Gasteiger partial charge on any atom is -0.312 e. The van der Waals surface area contributed by atoms with E-state index in [1.165, 1.54) is 50.4 Å². The normalized spacial score (nSPS) is 37.5. The van der Waals surface area contributed by atoms with Gasteiger partial charge in [-0.05, 0) is 45.2 Å². The first-order chi connectivity index (χ1) is 7.75. The Hall–Kier alpha value is 0.270. The van der Waals surface area contributed by atoms with Gasteiger partial charge in [0.1, 0.15) is 0 Å². The molecular formula is C13H26N2S. The molecule has 3 atom stereocenters. The van der Waals surface area contributed by atoms with Crippen LogP contribution < -0.4 is 5.32 Å². The highest BCUT2D eigenvalue weighted by atomic mass is 32.2. The molecule has 0 aromatic rings. The van der Waals surface area contributed by atoms with Crippen molar-refractivity contribution in [3.05, 3.63) is 0 Å². The lowest BCUT2D eigenvalue weighted by atomic mass is 9.93. The van der Waals surface area contributed by atoms with Crippen molar-refractivity contribution in [3.63, 3.8) is 0 Å². The van der Waals surface area contributed by atoms with Gasteiger partial charge >= 0.3 is 0 Å². The van der Waals surface area contributed by atoms with Gasteiger partial charge in [0.15, 0.2) is 0 Å². The summed E-state index contributed by atoms with van der Waals surface area (Å²) in [6.45, 7) is 8.63. The van der Waals surface area contributed by atoms with Crippen molar-refractivity contribution in [2.75, 3.05) is 31.1 Å². The van der Waals surface area contributed by atoms with E-state index in [9.17, 15) is 0 Å². The summed E-state index contributed by atoms with van der Waals surface area (Å²) in [7, 11) is 0. The van der Waals surface area contributed by atoms with Crippen LogP contribution in [0.5, 0.6) is 0 Å². The molecule has 2 fully saturated rings. The number of hydrogen-bond donors (Lipinski definition) is 1. The van der Waals surface area contributed by atoms with Gasteiger partial charge in [0.05, 0.1) is 0 Å².